The molecule has 1 saturated carbocycles. The molecule has 6 aliphatic carbocycles. The molecule has 0 aliphatic heterocycles. The smallest absolute Gasteiger partial charge is 0.0714 e. The van der Waals surface area contributed by atoms with E-state index in [0.29, 0.717) is 5.92 Å². The Morgan fingerprint density at radius 3 is 1.83 bits per heavy atom. The number of benzene rings is 7. The first-order valence-corrected chi connectivity index (χ1v) is 22.9. The van der Waals surface area contributed by atoms with Crippen LogP contribution in [0.4, 0.5) is 11.4 Å². The number of rotatable bonds is 6. The molecule has 1 fully saturated rings. The first-order valence-electron chi connectivity index (χ1n) is 22.9. The lowest BCUT2D eigenvalue weighted by atomic mass is 9.67. The second-order valence-corrected chi connectivity index (χ2v) is 18.3. The summed E-state index contributed by atoms with van der Waals surface area (Å²) < 4.78 is 0. The SMILES string of the molecule is C1=CC2=CC=C3C=CC(N(c4ccc(-c5cccc6c5-c5ccccc5C65CCCC5)cc4)c4ccc5c(c4)C(c4ccccc4)(c4ccccc4)c4ccccc4-5)=CC3C2C=C1. The van der Waals surface area contributed by atoms with E-state index in [9.17, 15) is 0 Å². The number of fused-ring (bicyclic) bond motifs is 11. The molecule has 0 heterocycles. The van der Waals surface area contributed by atoms with E-state index in [0.717, 1.165) is 11.4 Å². The van der Waals surface area contributed by atoms with Crippen LogP contribution in [-0.4, -0.2) is 0 Å². The normalized spacial score (nSPS) is 19.8. The van der Waals surface area contributed by atoms with Gasteiger partial charge in [0.05, 0.1) is 5.41 Å². The maximum Gasteiger partial charge on any atom is 0.0714 e. The Morgan fingerprint density at radius 2 is 1.06 bits per heavy atom. The molecule has 0 amide bonds. The van der Waals surface area contributed by atoms with Gasteiger partial charge < -0.3 is 4.90 Å². The van der Waals surface area contributed by atoms with Crippen molar-refractivity contribution in [3.8, 4) is 33.4 Å². The average molecular weight is 806 g/mol. The fourth-order valence-corrected chi connectivity index (χ4v) is 12.6. The fraction of sp³-hybridized carbons (Fsp3) is 0.129. The molecule has 0 aromatic heterocycles. The molecule has 1 heteroatoms. The molecular weight excluding hydrogens is 759 g/mol. The quantitative estimate of drug-likeness (QED) is 0.162. The zero-order valence-electron chi connectivity index (χ0n) is 35.3. The van der Waals surface area contributed by atoms with Crippen LogP contribution < -0.4 is 4.90 Å². The number of hydrogen-bond donors (Lipinski definition) is 0. The Kier molecular flexibility index (Phi) is 8.19. The topological polar surface area (TPSA) is 3.24 Å². The Labute approximate surface area is 371 Å². The van der Waals surface area contributed by atoms with E-state index in [1.54, 1.807) is 0 Å². The van der Waals surface area contributed by atoms with Gasteiger partial charge in [0, 0.05) is 34.3 Å². The lowest BCUT2D eigenvalue weighted by Gasteiger charge is -2.36. The predicted octanol–water partition coefficient (Wildman–Crippen LogP) is 15.4. The van der Waals surface area contributed by atoms with Gasteiger partial charge in [0.1, 0.15) is 0 Å². The molecule has 2 atom stereocenters. The van der Waals surface area contributed by atoms with Gasteiger partial charge >= 0.3 is 0 Å². The highest BCUT2D eigenvalue weighted by Crippen LogP contribution is 2.60. The van der Waals surface area contributed by atoms with Crippen molar-refractivity contribution < 1.29 is 0 Å². The van der Waals surface area contributed by atoms with Crippen LogP contribution in [0.5, 0.6) is 0 Å². The van der Waals surface area contributed by atoms with E-state index >= 15 is 0 Å². The summed E-state index contributed by atoms with van der Waals surface area (Å²) in [5.41, 5.74) is 22.1. The van der Waals surface area contributed by atoms with Crippen molar-refractivity contribution in [1.29, 1.82) is 0 Å². The van der Waals surface area contributed by atoms with Crippen molar-refractivity contribution >= 4 is 11.4 Å². The van der Waals surface area contributed by atoms with Crippen LogP contribution in [-0.2, 0) is 10.8 Å². The number of allylic oxidation sites excluding steroid dienone is 11. The summed E-state index contributed by atoms with van der Waals surface area (Å²) in [6, 6.07) is 64.4. The second-order valence-electron chi connectivity index (χ2n) is 18.3. The van der Waals surface area contributed by atoms with Gasteiger partial charge in [-0.2, -0.15) is 0 Å². The molecule has 63 heavy (non-hydrogen) atoms. The number of nitrogens with zero attached hydrogens (tertiary/aromatic N) is 1. The van der Waals surface area contributed by atoms with E-state index in [1.165, 1.54) is 109 Å². The van der Waals surface area contributed by atoms with Crippen molar-refractivity contribution in [3.05, 3.63) is 275 Å². The summed E-state index contributed by atoms with van der Waals surface area (Å²) >= 11 is 0. The van der Waals surface area contributed by atoms with Crippen LogP contribution in [0.25, 0.3) is 33.4 Å². The van der Waals surface area contributed by atoms with Gasteiger partial charge in [-0.05, 0) is 121 Å². The zero-order chi connectivity index (χ0) is 41.5. The summed E-state index contributed by atoms with van der Waals surface area (Å²) in [7, 11) is 0. The van der Waals surface area contributed by atoms with Crippen molar-refractivity contribution in [2.24, 2.45) is 11.8 Å². The third-order valence-electron chi connectivity index (χ3n) is 15.3. The largest absolute Gasteiger partial charge is 0.311 e. The summed E-state index contributed by atoms with van der Waals surface area (Å²) in [6.45, 7) is 0. The molecule has 1 spiro atoms. The standard InChI is InChI=1S/C62H47N/c1-3-17-45(18-4-1)62(46-19-5-2-6-20-46)57-26-12-9-22-52(57)53-37-36-49(41-59(53)62)63(48-35-32-44-29-28-42-16-7-8-21-50(42)55(44)40-48)47-33-30-43(31-34-47)51-24-15-27-58-60(51)54-23-10-11-25-56(54)61(58)38-13-14-39-61/h1-12,15-37,40-41,50,55H,13-14,38-39H2. The van der Waals surface area contributed by atoms with Gasteiger partial charge in [-0.15, -0.1) is 0 Å². The average Bonchev–Trinajstić information content (AvgIpc) is 4.05. The van der Waals surface area contributed by atoms with Crippen molar-refractivity contribution in [2.45, 2.75) is 36.5 Å². The van der Waals surface area contributed by atoms with Crippen molar-refractivity contribution in [3.63, 3.8) is 0 Å². The Bertz CT molecular complexity index is 3120. The summed E-state index contributed by atoms with van der Waals surface area (Å²) in [4.78, 5) is 2.51. The van der Waals surface area contributed by atoms with Crippen LogP contribution in [0.3, 0.4) is 0 Å². The van der Waals surface area contributed by atoms with Gasteiger partial charge in [-0.25, -0.2) is 0 Å². The van der Waals surface area contributed by atoms with Crippen LogP contribution in [0.15, 0.2) is 241 Å². The highest BCUT2D eigenvalue weighted by molar-refractivity contribution is 5.94. The zero-order valence-corrected chi connectivity index (χ0v) is 35.3. The molecule has 7 aromatic carbocycles. The summed E-state index contributed by atoms with van der Waals surface area (Å²) in [5, 5.41) is 0. The third-order valence-corrected chi connectivity index (χ3v) is 15.3. The molecule has 0 N–H and O–H groups in total. The second kappa shape index (κ2) is 14.2. The summed E-state index contributed by atoms with van der Waals surface area (Å²) in [5.74, 6) is 0.554. The minimum absolute atomic E-state index is 0.144. The van der Waals surface area contributed by atoms with Crippen molar-refractivity contribution in [2.75, 3.05) is 4.90 Å². The summed E-state index contributed by atoms with van der Waals surface area (Å²) in [6.07, 6.45) is 25.9. The first kappa shape index (κ1) is 36.4. The Hall–Kier alpha value is -7.22. The van der Waals surface area contributed by atoms with Gasteiger partial charge in [0.15, 0.2) is 0 Å². The van der Waals surface area contributed by atoms with Crippen LogP contribution >= 0.6 is 0 Å². The monoisotopic (exact) mass is 805 g/mol. The maximum atomic E-state index is 2.52. The number of anilines is 2. The predicted molar refractivity (Wildman–Crippen MR) is 261 cm³/mol. The minimum atomic E-state index is -0.490. The molecule has 300 valence electrons. The van der Waals surface area contributed by atoms with Crippen molar-refractivity contribution in [1.82, 2.24) is 0 Å². The van der Waals surface area contributed by atoms with Crippen LogP contribution in [0, 0.1) is 11.8 Å². The van der Waals surface area contributed by atoms with E-state index in [1.807, 2.05) is 0 Å². The fourth-order valence-electron chi connectivity index (χ4n) is 12.6. The van der Waals surface area contributed by atoms with Gasteiger partial charge in [-0.1, -0.05) is 207 Å². The van der Waals surface area contributed by atoms with Gasteiger partial charge in [0.25, 0.3) is 0 Å². The van der Waals surface area contributed by atoms with Gasteiger partial charge in [0.2, 0.25) is 0 Å². The lowest BCUT2D eigenvalue weighted by molar-refractivity contribution is 0.550. The molecule has 0 saturated heterocycles. The molecule has 0 radical (unpaired) electrons. The van der Waals surface area contributed by atoms with Crippen LogP contribution in [0.1, 0.15) is 59.1 Å². The van der Waals surface area contributed by atoms with E-state index < -0.39 is 5.41 Å². The number of hydrogen-bond acceptors (Lipinski definition) is 1. The first-order chi connectivity index (χ1) is 31.2. The molecule has 7 aromatic rings. The Balaban J connectivity index is 0.995. The molecule has 2 unspecified atom stereocenters. The highest BCUT2D eigenvalue weighted by Gasteiger charge is 2.47. The third kappa shape index (κ3) is 5.29. The van der Waals surface area contributed by atoms with Crippen LogP contribution in [0.2, 0.25) is 0 Å². The Morgan fingerprint density at radius 1 is 0.444 bits per heavy atom. The highest BCUT2D eigenvalue weighted by atomic mass is 15.1. The molecular formula is C62H47N. The van der Waals surface area contributed by atoms with E-state index in [2.05, 4.69) is 229 Å². The molecule has 0 bridgehead atoms. The molecule has 1 nitrogen and oxygen atoms in total. The minimum Gasteiger partial charge on any atom is -0.311 e. The lowest BCUT2D eigenvalue weighted by Crippen LogP contribution is -2.29. The van der Waals surface area contributed by atoms with E-state index in [-0.39, 0.29) is 11.3 Å². The molecule has 6 aliphatic rings. The maximum absolute atomic E-state index is 2.52. The van der Waals surface area contributed by atoms with Gasteiger partial charge in [-0.3, -0.25) is 0 Å². The van der Waals surface area contributed by atoms with E-state index in [4.69, 9.17) is 0 Å². The molecule has 13 rings (SSSR count).